The van der Waals surface area contributed by atoms with E-state index in [0.717, 1.165) is 27.6 Å². The molecule has 1 saturated heterocycles. The standard InChI is InChI=1S/C32H32N2O5/c1-6-38-22-14-15-24(27(17-22)39-7-2)30(35)28-29(25-18-33(5)26-11-9-8-10-23(25)26)34(32(37)31(28)36)21-13-12-19(3)20(4)16-21/h8-18,29,35H,6-7H2,1-5H3/b30-28+. The lowest BCUT2D eigenvalue weighted by Crippen LogP contribution is -2.29. The van der Waals surface area contributed by atoms with Crippen molar-refractivity contribution < 1.29 is 24.2 Å². The molecule has 5 rings (SSSR count). The van der Waals surface area contributed by atoms with Crippen LogP contribution >= 0.6 is 0 Å². The number of Topliss-reactive ketones (excluding diaryl/α,β-unsaturated/α-hetero) is 1. The minimum Gasteiger partial charge on any atom is -0.507 e. The number of rotatable bonds is 7. The van der Waals surface area contributed by atoms with Crippen molar-refractivity contribution in [3.05, 3.63) is 94.7 Å². The molecule has 39 heavy (non-hydrogen) atoms. The van der Waals surface area contributed by atoms with Crippen LogP contribution in [0.4, 0.5) is 5.69 Å². The second kappa shape index (κ2) is 10.3. The minimum atomic E-state index is -0.848. The van der Waals surface area contributed by atoms with Gasteiger partial charge in [-0.2, -0.15) is 0 Å². The number of para-hydroxylation sites is 1. The Morgan fingerprint density at radius 3 is 2.38 bits per heavy atom. The highest BCUT2D eigenvalue weighted by Gasteiger charge is 2.48. The first-order valence-corrected chi connectivity index (χ1v) is 13.1. The zero-order valence-corrected chi connectivity index (χ0v) is 22.8. The highest BCUT2D eigenvalue weighted by molar-refractivity contribution is 6.52. The first-order chi connectivity index (χ1) is 18.8. The Labute approximate surface area is 227 Å². The van der Waals surface area contributed by atoms with Gasteiger partial charge >= 0.3 is 0 Å². The third-order valence-electron chi connectivity index (χ3n) is 7.25. The van der Waals surface area contributed by atoms with E-state index in [4.69, 9.17) is 9.47 Å². The van der Waals surface area contributed by atoms with Crippen LogP contribution in [0.5, 0.6) is 11.5 Å². The van der Waals surface area contributed by atoms with Crippen LogP contribution in [0.1, 0.15) is 42.1 Å². The average Bonchev–Trinajstić information content (AvgIpc) is 3.39. The Kier molecular flexibility index (Phi) is 6.91. The quantitative estimate of drug-likeness (QED) is 0.176. The summed E-state index contributed by atoms with van der Waals surface area (Å²) in [4.78, 5) is 28.9. The van der Waals surface area contributed by atoms with Crippen molar-refractivity contribution in [3.8, 4) is 11.5 Å². The molecule has 1 aliphatic heterocycles. The number of ether oxygens (including phenoxy) is 2. The number of nitrogens with zero attached hydrogens (tertiary/aromatic N) is 2. The number of benzene rings is 3. The molecule has 1 aromatic heterocycles. The number of aliphatic hydroxyl groups excluding tert-OH is 1. The zero-order chi connectivity index (χ0) is 27.8. The van der Waals surface area contributed by atoms with Crippen molar-refractivity contribution >= 4 is 34.0 Å². The summed E-state index contributed by atoms with van der Waals surface area (Å²) in [6, 6.07) is 17.7. The van der Waals surface area contributed by atoms with Crippen molar-refractivity contribution in [1.82, 2.24) is 4.57 Å². The molecule has 1 fully saturated rings. The minimum absolute atomic E-state index is 0.0136. The van der Waals surface area contributed by atoms with Gasteiger partial charge in [-0.15, -0.1) is 0 Å². The molecule has 4 aromatic rings. The maximum Gasteiger partial charge on any atom is 0.300 e. The van der Waals surface area contributed by atoms with Gasteiger partial charge in [0.25, 0.3) is 11.7 Å². The second-order valence-electron chi connectivity index (χ2n) is 9.67. The molecule has 1 atom stereocenters. The first-order valence-electron chi connectivity index (χ1n) is 13.1. The maximum absolute atomic E-state index is 13.7. The summed E-state index contributed by atoms with van der Waals surface area (Å²) in [5.74, 6) is -0.778. The van der Waals surface area contributed by atoms with E-state index in [1.54, 1.807) is 18.2 Å². The molecule has 7 heteroatoms. The molecule has 0 saturated carbocycles. The number of aliphatic hydroxyl groups is 1. The van der Waals surface area contributed by atoms with Crippen LogP contribution in [0.25, 0.3) is 16.7 Å². The van der Waals surface area contributed by atoms with Crippen molar-refractivity contribution in [2.75, 3.05) is 18.1 Å². The van der Waals surface area contributed by atoms with E-state index < -0.39 is 17.7 Å². The Morgan fingerprint density at radius 1 is 0.923 bits per heavy atom. The number of carbonyl (C=O) groups is 2. The SMILES string of the molecule is CCOc1ccc(/C(O)=C2\C(=O)C(=O)N(c3ccc(C)c(C)c3)C2c2cn(C)c3ccccc23)c(OCC)c1. The van der Waals surface area contributed by atoms with E-state index in [0.29, 0.717) is 36.0 Å². The molecule has 0 bridgehead atoms. The molecule has 3 aromatic carbocycles. The topological polar surface area (TPSA) is 81.0 Å². The van der Waals surface area contributed by atoms with Crippen LogP contribution in [0.15, 0.2) is 72.4 Å². The van der Waals surface area contributed by atoms with Crippen LogP contribution in [0, 0.1) is 13.8 Å². The van der Waals surface area contributed by atoms with Gasteiger partial charge in [-0.1, -0.05) is 24.3 Å². The summed E-state index contributed by atoms with van der Waals surface area (Å²) in [5.41, 5.74) is 4.70. The van der Waals surface area contributed by atoms with E-state index >= 15 is 0 Å². The predicted octanol–water partition coefficient (Wildman–Crippen LogP) is 6.22. The Morgan fingerprint density at radius 2 is 1.67 bits per heavy atom. The summed E-state index contributed by atoms with van der Waals surface area (Å²) in [7, 11) is 1.92. The third kappa shape index (κ3) is 4.44. The van der Waals surface area contributed by atoms with Gasteiger partial charge in [-0.3, -0.25) is 14.5 Å². The van der Waals surface area contributed by atoms with Crippen molar-refractivity contribution in [2.45, 2.75) is 33.7 Å². The summed E-state index contributed by atoms with van der Waals surface area (Å²) >= 11 is 0. The van der Waals surface area contributed by atoms with Gasteiger partial charge in [-0.25, -0.2) is 0 Å². The third-order valence-corrected chi connectivity index (χ3v) is 7.25. The van der Waals surface area contributed by atoms with Crippen LogP contribution < -0.4 is 14.4 Å². The monoisotopic (exact) mass is 524 g/mol. The number of aromatic nitrogens is 1. The predicted molar refractivity (Wildman–Crippen MR) is 152 cm³/mol. The molecular formula is C32H32N2O5. The van der Waals surface area contributed by atoms with E-state index in [2.05, 4.69) is 0 Å². The molecule has 0 aliphatic carbocycles. The van der Waals surface area contributed by atoms with E-state index in [-0.39, 0.29) is 11.3 Å². The second-order valence-corrected chi connectivity index (χ2v) is 9.67. The molecule has 1 unspecified atom stereocenters. The highest BCUT2D eigenvalue weighted by Crippen LogP contribution is 2.46. The lowest BCUT2D eigenvalue weighted by Gasteiger charge is -2.26. The molecule has 200 valence electrons. The summed E-state index contributed by atoms with van der Waals surface area (Å²) < 4.78 is 13.4. The van der Waals surface area contributed by atoms with Crippen molar-refractivity contribution in [3.63, 3.8) is 0 Å². The van der Waals surface area contributed by atoms with Crippen LogP contribution in [-0.2, 0) is 16.6 Å². The van der Waals surface area contributed by atoms with Crippen molar-refractivity contribution in [2.24, 2.45) is 7.05 Å². The first kappa shape index (κ1) is 26.1. The van der Waals surface area contributed by atoms with Gasteiger partial charge < -0.3 is 19.1 Å². The smallest absolute Gasteiger partial charge is 0.300 e. The summed E-state index contributed by atoms with van der Waals surface area (Å²) in [5, 5.41) is 12.7. The largest absolute Gasteiger partial charge is 0.507 e. The van der Waals surface area contributed by atoms with Crippen LogP contribution in [-0.4, -0.2) is 34.6 Å². The fourth-order valence-corrected chi connectivity index (χ4v) is 5.23. The molecule has 2 heterocycles. The number of hydrogen-bond acceptors (Lipinski definition) is 5. The number of anilines is 1. The fourth-order valence-electron chi connectivity index (χ4n) is 5.23. The van der Waals surface area contributed by atoms with Crippen molar-refractivity contribution in [1.29, 1.82) is 0 Å². The highest BCUT2D eigenvalue weighted by atomic mass is 16.5. The summed E-state index contributed by atoms with van der Waals surface area (Å²) in [6.07, 6.45) is 1.92. The molecule has 0 spiro atoms. The zero-order valence-electron chi connectivity index (χ0n) is 22.8. The number of aryl methyl sites for hydroxylation is 3. The van der Waals surface area contributed by atoms with E-state index in [1.165, 1.54) is 4.90 Å². The Balaban J connectivity index is 1.79. The average molecular weight is 525 g/mol. The number of ketones is 1. The molecule has 1 amide bonds. The van der Waals surface area contributed by atoms with E-state index in [1.807, 2.05) is 88.0 Å². The van der Waals surface area contributed by atoms with Gasteiger partial charge in [0.2, 0.25) is 0 Å². The maximum atomic E-state index is 13.7. The fraction of sp³-hybridized carbons (Fsp3) is 0.250. The molecule has 0 radical (unpaired) electrons. The van der Waals surface area contributed by atoms with Gasteiger partial charge in [0, 0.05) is 41.5 Å². The van der Waals surface area contributed by atoms with E-state index in [9.17, 15) is 14.7 Å². The number of fused-ring (bicyclic) bond motifs is 1. The number of carbonyl (C=O) groups excluding carboxylic acids is 2. The van der Waals surface area contributed by atoms with Crippen LogP contribution in [0.3, 0.4) is 0 Å². The molecule has 7 nitrogen and oxygen atoms in total. The molecule has 1 N–H and O–H groups in total. The van der Waals surface area contributed by atoms with Crippen LogP contribution in [0.2, 0.25) is 0 Å². The Bertz CT molecular complexity index is 1630. The van der Waals surface area contributed by atoms with Gasteiger partial charge in [-0.05, 0) is 69.2 Å². The molecular weight excluding hydrogens is 492 g/mol. The lowest BCUT2D eigenvalue weighted by atomic mass is 9.94. The Hall–Kier alpha value is -4.52. The molecule has 1 aliphatic rings. The van der Waals surface area contributed by atoms with Gasteiger partial charge in [0.05, 0.1) is 30.4 Å². The normalized spacial score (nSPS) is 16.7. The number of amides is 1. The number of hydrogen-bond donors (Lipinski definition) is 1. The van der Waals surface area contributed by atoms with Gasteiger partial charge in [0.15, 0.2) is 0 Å². The van der Waals surface area contributed by atoms with Gasteiger partial charge in [0.1, 0.15) is 17.3 Å². The summed E-state index contributed by atoms with van der Waals surface area (Å²) in [6.45, 7) is 8.50. The lowest BCUT2D eigenvalue weighted by molar-refractivity contribution is -0.132.